The molecule has 1 amide bonds. The van der Waals surface area contributed by atoms with E-state index in [1.165, 1.54) is 148 Å². The van der Waals surface area contributed by atoms with Gasteiger partial charge in [-0.2, -0.15) is 0 Å². The minimum Gasteiger partial charge on any atom is -0.466 e. The average Bonchev–Trinajstić information content (AvgIpc) is 3.10. The fraction of sp³-hybridized carbons (Fsp3) is 0.953. The molecule has 0 rings (SSSR count). The number of rotatable bonds is 40. The van der Waals surface area contributed by atoms with Crippen LogP contribution in [0.1, 0.15) is 239 Å². The van der Waals surface area contributed by atoms with Gasteiger partial charge in [-0.1, -0.05) is 200 Å². The van der Waals surface area contributed by atoms with Gasteiger partial charge >= 0.3 is 5.97 Å². The molecule has 0 bridgehead atoms. The number of hydrogen-bond donors (Lipinski definition) is 3. The lowest BCUT2D eigenvalue weighted by molar-refractivity contribution is -0.143. The Balaban J connectivity index is 3.44. The molecule has 0 aliphatic heterocycles. The first-order valence-corrected chi connectivity index (χ1v) is 21.8. The molecule has 0 aromatic carbocycles. The molecule has 49 heavy (non-hydrogen) atoms. The summed E-state index contributed by atoms with van der Waals surface area (Å²) in [5, 5.41) is 23.0. The van der Waals surface area contributed by atoms with Crippen LogP contribution in [0.5, 0.6) is 0 Å². The number of unbranched alkanes of at least 4 members (excludes halogenated alkanes) is 29. The predicted octanol–water partition coefficient (Wildman–Crippen LogP) is 12.1. The Kier molecular flexibility index (Phi) is 38.7. The van der Waals surface area contributed by atoms with Crippen molar-refractivity contribution in [1.29, 1.82) is 0 Å². The van der Waals surface area contributed by atoms with Crippen molar-refractivity contribution in [1.82, 2.24) is 5.32 Å². The third-order valence-electron chi connectivity index (χ3n) is 10.2. The van der Waals surface area contributed by atoms with Crippen molar-refractivity contribution in [3.63, 3.8) is 0 Å². The van der Waals surface area contributed by atoms with Crippen LogP contribution in [-0.2, 0) is 14.3 Å². The highest BCUT2D eigenvalue weighted by atomic mass is 16.5. The number of aliphatic hydroxyl groups is 2. The number of hydrogen-bond acceptors (Lipinski definition) is 5. The van der Waals surface area contributed by atoms with Crippen LogP contribution in [0.15, 0.2) is 0 Å². The van der Waals surface area contributed by atoms with Gasteiger partial charge in [-0.15, -0.1) is 0 Å². The third-order valence-corrected chi connectivity index (χ3v) is 10.2. The van der Waals surface area contributed by atoms with Gasteiger partial charge in [0, 0.05) is 12.8 Å². The number of carbonyl (C=O) groups is 2. The topological polar surface area (TPSA) is 95.9 Å². The maximum Gasteiger partial charge on any atom is 0.305 e. The lowest BCUT2D eigenvalue weighted by atomic mass is 10.0. The number of aliphatic hydroxyl groups excluding tert-OH is 2. The monoisotopic (exact) mass is 696 g/mol. The number of esters is 1. The number of carbonyl (C=O) groups excluding carboxylic acids is 2. The van der Waals surface area contributed by atoms with Gasteiger partial charge in [0.25, 0.3) is 0 Å². The second-order valence-corrected chi connectivity index (χ2v) is 15.0. The highest BCUT2D eigenvalue weighted by Gasteiger charge is 2.20. The van der Waals surface area contributed by atoms with Crippen LogP contribution in [0.4, 0.5) is 0 Å². The van der Waals surface area contributed by atoms with Gasteiger partial charge in [-0.25, -0.2) is 0 Å². The fourth-order valence-corrected chi connectivity index (χ4v) is 6.75. The van der Waals surface area contributed by atoms with Gasteiger partial charge in [0.05, 0.1) is 25.4 Å². The van der Waals surface area contributed by atoms with Crippen LogP contribution in [0.25, 0.3) is 0 Å². The van der Waals surface area contributed by atoms with E-state index in [0.717, 1.165) is 57.8 Å². The minimum absolute atomic E-state index is 0.0100. The first-order chi connectivity index (χ1) is 24.0. The summed E-state index contributed by atoms with van der Waals surface area (Å²) < 4.78 is 5.43. The second kappa shape index (κ2) is 39.6. The molecule has 0 aromatic heterocycles. The van der Waals surface area contributed by atoms with Crippen LogP contribution in [-0.4, -0.2) is 47.4 Å². The summed E-state index contributed by atoms with van der Waals surface area (Å²) in [6.07, 6.45) is 40.5. The van der Waals surface area contributed by atoms with Crippen molar-refractivity contribution in [2.45, 2.75) is 251 Å². The Morgan fingerprint density at radius 1 is 0.490 bits per heavy atom. The van der Waals surface area contributed by atoms with Crippen molar-refractivity contribution in [2.75, 3.05) is 13.2 Å². The van der Waals surface area contributed by atoms with E-state index in [2.05, 4.69) is 19.2 Å². The minimum atomic E-state index is -0.669. The van der Waals surface area contributed by atoms with Gasteiger partial charge in [-0.3, -0.25) is 9.59 Å². The maximum atomic E-state index is 12.3. The molecule has 0 aliphatic carbocycles. The van der Waals surface area contributed by atoms with E-state index in [1.807, 2.05) is 0 Å². The van der Waals surface area contributed by atoms with Crippen molar-refractivity contribution in [3.05, 3.63) is 0 Å². The van der Waals surface area contributed by atoms with Gasteiger partial charge < -0.3 is 20.3 Å². The molecule has 0 fully saturated rings. The SMILES string of the molecule is CCCCCCCCCCCCCC(=O)OCCCCCCCCCCCCCCC(=O)NC(CO)C(O)CCCCCCCCCCC. The van der Waals surface area contributed by atoms with Crippen molar-refractivity contribution >= 4 is 11.9 Å². The molecule has 0 spiro atoms. The van der Waals surface area contributed by atoms with E-state index < -0.39 is 12.1 Å². The summed E-state index contributed by atoms with van der Waals surface area (Å²) in [5.41, 5.74) is 0. The highest BCUT2D eigenvalue weighted by molar-refractivity contribution is 5.76. The predicted molar refractivity (Wildman–Crippen MR) is 209 cm³/mol. The first-order valence-electron chi connectivity index (χ1n) is 21.8. The smallest absolute Gasteiger partial charge is 0.305 e. The van der Waals surface area contributed by atoms with E-state index in [1.54, 1.807) is 0 Å². The molecular formula is C43H85NO5. The zero-order valence-corrected chi connectivity index (χ0v) is 32.9. The van der Waals surface area contributed by atoms with Gasteiger partial charge in [0.15, 0.2) is 0 Å². The molecular weight excluding hydrogens is 610 g/mol. The highest BCUT2D eigenvalue weighted by Crippen LogP contribution is 2.15. The van der Waals surface area contributed by atoms with E-state index in [4.69, 9.17) is 4.74 Å². The van der Waals surface area contributed by atoms with Crippen molar-refractivity contribution in [2.24, 2.45) is 0 Å². The number of nitrogens with one attached hydrogen (secondary N) is 1. The normalized spacial score (nSPS) is 12.7. The molecule has 2 atom stereocenters. The van der Waals surface area contributed by atoms with Gasteiger partial charge in [0.2, 0.25) is 5.91 Å². The van der Waals surface area contributed by atoms with Crippen LogP contribution in [0.3, 0.4) is 0 Å². The van der Waals surface area contributed by atoms with Crippen LogP contribution in [0.2, 0.25) is 0 Å². The summed E-state index contributed by atoms with van der Waals surface area (Å²) >= 11 is 0. The Morgan fingerprint density at radius 3 is 1.24 bits per heavy atom. The van der Waals surface area contributed by atoms with Gasteiger partial charge in [0.1, 0.15) is 0 Å². The lowest BCUT2D eigenvalue weighted by Gasteiger charge is -2.22. The molecule has 6 heteroatoms. The molecule has 0 saturated heterocycles. The molecule has 0 heterocycles. The molecule has 3 N–H and O–H groups in total. The number of ether oxygens (including phenoxy) is 1. The lowest BCUT2D eigenvalue weighted by Crippen LogP contribution is -2.45. The largest absolute Gasteiger partial charge is 0.466 e. The van der Waals surface area contributed by atoms with E-state index in [-0.39, 0.29) is 18.5 Å². The van der Waals surface area contributed by atoms with Crippen LogP contribution < -0.4 is 5.32 Å². The molecule has 0 aliphatic rings. The van der Waals surface area contributed by atoms with Crippen molar-refractivity contribution in [3.8, 4) is 0 Å². The average molecular weight is 696 g/mol. The van der Waals surface area contributed by atoms with E-state index >= 15 is 0 Å². The molecule has 292 valence electrons. The summed E-state index contributed by atoms with van der Waals surface area (Å²) in [5.74, 6) is -0.0629. The Hall–Kier alpha value is -1.14. The summed E-state index contributed by atoms with van der Waals surface area (Å²) in [4.78, 5) is 24.3. The summed E-state index contributed by atoms with van der Waals surface area (Å²) in [7, 11) is 0. The zero-order valence-electron chi connectivity index (χ0n) is 32.9. The van der Waals surface area contributed by atoms with Gasteiger partial charge in [-0.05, 0) is 25.7 Å². The molecule has 6 nitrogen and oxygen atoms in total. The van der Waals surface area contributed by atoms with Crippen LogP contribution >= 0.6 is 0 Å². The van der Waals surface area contributed by atoms with Crippen molar-refractivity contribution < 1.29 is 24.5 Å². The van der Waals surface area contributed by atoms with Crippen LogP contribution in [0, 0.1) is 0 Å². The molecule has 0 saturated carbocycles. The Morgan fingerprint density at radius 2 is 0.837 bits per heavy atom. The quantitative estimate of drug-likeness (QED) is 0.0438. The fourth-order valence-electron chi connectivity index (χ4n) is 6.75. The third kappa shape index (κ3) is 36.5. The summed E-state index contributed by atoms with van der Waals surface area (Å²) in [6, 6.07) is -0.548. The standard InChI is InChI=1S/C43H85NO5/c1-3-5-7-9-11-13-16-21-25-29-33-37-43(48)49-38-34-30-26-22-18-15-14-17-20-24-28-32-36-42(47)44-40(39-45)41(46)35-31-27-23-19-12-10-8-6-4-2/h40-41,45-46H,3-39H2,1-2H3,(H,44,47). The first kappa shape index (κ1) is 47.9. The Labute approximate surface area is 305 Å². The molecule has 0 aromatic rings. The van der Waals surface area contributed by atoms with E-state index in [0.29, 0.717) is 25.9 Å². The number of amides is 1. The zero-order chi connectivity index (χ0) is 35.9. The Bertz CT molecular complexity index is 687. The van der Waals surface area contributed by atoms with E-state index in [9.17, 15) is 19.8 Å². The second-order valence-electron chi connectivity index (χ2n) is 15.0. The molecule has 0 radical (unpaired) electrons. The summed E-state index contributed by atoms with van der Waals surface area (Å²) in [6.45, 7) is 4.88. The molecule has 2 unspecified atom stereocenters. The maximum absolute atomic E-state index is 12.3.